The fraction of sp³-hybridized carbons (Fsp3) is 0.538. The van der Waals surface area contributed by atoms with Gasteiger partial charge in [-0.05, 0) is 32.8 Å². The maximum atomic E-state index is 11.9. The minimum Gasteiger partial charge on any atom is -0.444 e. The van der Waals surface area contributed by atoms with E-state index in [0.717, 1.165) is 28.7 Å². The number of carbonyl (C=O) groups is 2. The molecule has 4 nitrogen and oxygen atoms in total. The van der Waals surface area contributed by atoms with Gasteiger partial charge in [0.2, 0.25) is 0 Å². The molecule has 18 heavy (non-hydrogen) atoms. The average Bonchev–Trinajstić information content (AvgIpc) is 2.68. The number of ether oxygens (including phenoxy) is 1. The van der Waals surface area contributed by atoms with Crippen molar-refractivity contribution in [3.8, 4) is 0 Å². The van der Waals surface area contributed by atoms with Crippen LogP contribution in [0.1, 0.15) is 41.6 Å². The number of fused-ring (bicyclic) bond motifs is 1. The molecule has 0 spiro atoms. The van der Waals surface area contributed by atoms with Gasteiger partial charge >= 0.3 is 6.09 Å². The quantitative estimate of drug-likeness (QED) is 0.735. The second-order valence-corrected chi connectivity index (χ2v) is 6.33. The Morgan fingerprint density at radius 2 is 2.22 bits per heavy atom. The Morgan fingerprint density at radius 1 is 1.50 bits per heavy atom. The van der Waals surface area contributed by atoms with Crippen molar-refractivity contribution >= 4 is 23.7 Å². The van der Waals surface area contributed by atoms with Gasteiger partial charge in [0.05, 0.1) is 6.54 Å². The van der Waals surface area contributed by atoms with Crippen LogP contribution in [0.2, 0.25) is 0 Å². The first-order chi connectivity index (χ1) is 8.40. The smallest absolute Gasteiger partial charge is 0.410 e. The number of carbonyl (C=O) groups excluding carboxylic acids is 2. The molecule has 0 N–H and O–H groups in total. The minimum absolute atomic E-state index is 0.283. The molecule has 0 aromatic carbocycles. The van der Waals surface area contributed by atoms with Crippen molar-refractivity contribution in [1.29, 1.82) is 0 Å². The molecule has 0 aliphatic carbocycles. The van der Waals surface area contributed by atoms with E-state index in [1.807, 2.05) is 26.2 Å². The Bertz CT molecular complexity index is 473. The van der Waals surface area contributed by atoms with Crippen LogP contribution in [0.3, 0.4) is 0 Å². The minimum atomic E-state index is -0.471. The van der Waals surface area contributed by atoms with Crippen molar-refractivity contribution in [3.05, 3.63) is 21.4 Å². The summed E-state index contributed by atoms with van der Waals surface area (Å²) in [5.74, 6) is 0. The van der Waals surface area contributed by atoms with Crippen LogP contribution in [-0.2, 0) is 17.7 Å². The second kappa shape index (κ2) is 4.72. The van der Waals surface area contributed by atoms with Crippen LogP contribution in [0, 0.1) is 0 Å². The first-order valence-corrected chi connectivity index (χ1v) is 6.81. The summed E-state index contributed by atoms with van der Waals surface area (Å²) in [5, 5.41) is 1.86. The molecule has 0 unspecified atom stereocenters. The number of thiophene rings is 1. The van der Waals surface area contributed by atoms with E-state index < -0.39 is 5.60 Å². The first kappa shape index (κ1) is 13.1. The van der Waals surface area contributed by atoms with E-state index in [2.05, 4.69) is 0 Å². The lowest BCUT2D eigenvalue weighted by atomic mass is 10.0. The maximum Gasteiger partial charge on any atom is 0.410 e. The summed E-state index contributed by atoms with van der Waals surface area (Å²) in [6.45, 7) is 6.73. The highest BCUT2D eigenvalue weighted by Gasteiger charge is 2.27. The molecule has 0 bridgehead atoms. The first-order valence-electron chi connectivity index (χ1n) is 5.93. The summed E-state index contributed by atoms with van der Waals surface area (Å²) >= 11 is 1.54. The molecular weight excluding hydrogens is 250 g/mol. The van der Waals surface area contributed by atoms with E-state index >= 15 is 0 Å². The average molecular weight is 267 g/mol. The molecule has 1 aliphatic rings. The highest BCUT2D eigenvalue weighted by atomic mass is 32.1. The summed E-state index contributed by atoms with van der Waals surface area (Å²) in [7, 11) is 0. The van der Waals surface area contributed by atoms with Crippen molar-refractivity contribution < 1.29 is 14.3 Å². The largest absolute Gasteiger partial charge is 0.444 e. The van der Waals surface area contributed by atoms with Crippen molar-refractivity contribution in [2.24, 2.45) is 0 Å². The predicted molar refractivity (Wildman–Crippen MR) is 70.1 cm³/mol. The summed E-state index contributed by atoms with van der Waals surface area (Å²) in [5.41, 5.74) is 1.38. The van der Waals surface area contributed by atoms with E-state index in [1.165, 1.54) is 11.3 Å². The molecule has 2 rings (SSSR count). The Kier molecular flexibility index (Phi) is 3.43. The van der Waals surface area contributed by atoms with Crippen molar-refractivity contribution in [1.82, 2.24) is 4.90 Å². The van der Waals surface area contributed by atoms with Gasteiger partial charge in [-0.1, -0.05) is 0 Å². The van der Waals surface area contributed by atoms with Crippen molar-refractivity contribution in [2.75, 3.05) is 6.54 Å². The van der Waals surface area contributed by atoms with Gasteiger partial charge in [-0.2, -0.15) is 0 Å². The Morgan fingerprint density at radius 3 is 2.83 bits per heavy atom. The fourth-order valence-electron chi connectivity index (χ4n) is 1.93. The molecule has 2 heterocycles. The lowest BCUT2D eigenvalue weighted by molar-refractivity contribution is 0.0226. The van der Waals surface area contributed by atoms with Gasteiger partial charge in [-0.25, -0.2) is 4.79 Å². The lowest BCUT2D eigenvalue weighted by Crippen LogP contribution is -2.39. The summed E-state index contributed by atoms with van der Waals surface area (Å²) < 4.78 is 5.35. The number of aldehydes is 1. The zero-order valence-corrected chi connectivity index (χ0v) is 11.7. The molecular formula is C13H17NO3S. The van der Waals surface area contributed by atoms with Crippen LogP contribution in [0.5, 0.6) is 0 Å². The number of nitrogens with zero attached hydrogens (tertiary/aromatic N) is 1. The Hall–Kier alpha value is -1.36. The summed E-state index contributed by atoms with van der Waals surface area (Å²) in [6, 6.07) is 0. The van der Waals surface area contributed by atoms with E-state index in [1.54, 1.807) is 4.90 Å². The standard InChI is InChI=1S/C13H17NO3S/c1-13(2,3)17-12(16)14-5-4-10-9(7-15)8-18-11(10)6-14/h7-8H,4-6H2,1-3H3. The molecule has 0 saturated carbocycles. The monoisotopic (exact) mass is 267 g/mol. The SMILES string of the molecule is CC(C)(C)OC(=O)N1CCc2c(C=O)csc2C1. The summed E-state index contributed by atoms with van der Waals surface area (Å²) in [6.07, 6.45) is 1.33. The third kappa shape index (κ3) is 2.72. The van der Waals surface area contributed by atoms with Crippen molar-refractivity contribution in [2.45, 2.75) is 39.3 Å². The Labute approximate surface area is 111 Å². The van der Waals surface area contributed by atoms with Crippen LogP contribution < -0.4 is 0 Å². The van der Waals surface area contributed by atoms with Crippen molar-refractivity contribution in [3.63, 3.8) is 0 Å². The van der Waals surface area contributed by atoms with E-state index in [9.17, 15) is 9.59 Å². The number of hydrogen-bond acceptors (Lipinski definition) is 4. The molecule has 1 aliphatic heterocycles. The molecule has 1 amide bonds. The van der Waals surface area contributed by atoms with Gasteiger partial charge in [0.25, 0.3) is 0 Å². The van der Waals surface area contributed by atoms with Crippen LogP contribution in [-0.4, -0.2) is 29.4 Å². The normalized spacial score (nSPS) is 15.2. The zero-order valence-electron chi connectivity index (χ0n) is 10.9. The van der Waals surface area contributed by atoms with Gasteiger partial charge in [0.1, 0.15) is 5.60 Å². The molecule has 5 heteroatoms. The second-order valence-electron chi connectivity index (χ2n) is 5.36. The van der Waals surface area contributed by atoms with Crippen LogP contribution in [0.15, 0.2) is 5.38 Å². The lowest BCUT2D eigenvalue weighted by Gasteiger charge is -2.30. The molecule has 0 fully saturated rings. The third-order valence-electron chi connectivity index (χ3n) is 2.76. The van der Waals surface area contributed by atoms with Gasteiger partial charge in [-0.15, -0.1) is 11.3 Å². The zero-order chi connectivity index (χ0) is 13.3. The number of amides is 1. The van der Waals surface area contributed by atoms with Gasteiger partial charge < -0.3 is 9.64 Å². The topological polar surface area (TPSA) is 46.6 Å². The maximum absolute atomic E-state index is 11.9. The number of hydrogen-bond donors (Lipinski definition) is 0. The molecule has 0 saturated heterocycles. The van der Waals surface area contributed by atoms with E-state index in [4.69, 9.17) is 4.74 Å². The third-order valence-corrected chi connectivity index (χ3v) is 3.79. The van der Waals surface area contributed by atoms with Crippen LogP contribution in [0.4, 0.5) is 4.79 Å². The number of rotatable bonds is 1. The molecule has 0 radical (unpaired) electrons. The molecule has 1 aromatic heterocycles. The molecule has 98 valence electrons. The van der Waals surface area contributed by atoms with E-state index in [0.29, 0.717) is 13.1 Å². The highest BCUT2D eigenvalue weighted by molar-refractivity contribution is 7.10. The molecule has 0 atom stereocenters. The predicted octanol–water partition coefficient (Wildman–Crippen LogP) is 2.85. The van der Waals surface area contributed by atoms with Crippen LogP contribution >= 0.6 is 11.3 Å². The van der Waals surface area contributed by atoms with E-state index in [-0.39, 0.29) is 6.09 Å². The van der Waals surface area contributed by atoms with Gasteiger partial charge in [0.15, 0.2) is 6.29 Å². The van der Waals surface area contributed by atoms with Gasteiger partial charge in [-0.3, -0.25) is 4.79 Å². The Balaban J connectivity index is 2.08. The van der Waals surface area contributed by atoms with Crippen LogP contribution in [0.25, 0.3) is 0 Å². The van der Waals surface area contributed by atoms with Gasteiger partial charge in [0, 0.05) is 22.4 Å². The highest BCUT2D eigenvalue weighted by Crippen LogP contribution is 2.28. The molecule has 1 aromatic rings. The summed E-state index contributed by atoms with van der Waals surface area (Å²) in [4.78, 5) is 25.6. The fourth-order valence-corrected chi connectivity index (χ4v) is 2.99.